The van der Waals surface area contributed by atoms with Crippen LogP contribution in [0.2, 0.25) is 0 Å². The SMILES string of the molecule is Cc1nonc1CC(=O)N1CCc2ccc(NC(=O)Cc3ccccc3F)cc2C1. The molecule has 1 aliphatic rings. The Labute approximate surface area is 172 Å². The molecule has 154 valence electrons. The van der Waals surface area contributed by atoms with E-state index in [0.717, 1.165) is 17.5 Å². The molecule has 0 atom stereocenters. The third-order valence-electron chi connectivity index (χ3n) is 5.23. The van der Waals surface area contributed by atoms with E-state index in [1.54, 1.807) is 30.0 Å². The number of rotatable bonds is 5. The number of fused-ring (bicyclic) bond motifs is 1. The fraction of sp³-hybridized carbons (Fsp3) is 0.273. The second kappa shape index (κ2) is 8.44. The van der Waals surface area contributed by atoms with Gasteiger partial charge in [0.2, 0.25) is 11.8 Å². The van der Waals surface area contributed by atoms with Gasteiger partial charge in [0, 0.05) is 18.8 Å². The second-order valence-corrected chi connectivity index (χ2v) is 7.34. The number of carbonyl (C=O) groups excluding carboxylic acids is 2. The van der Waals surface area contributed by atoms with Crippen molar-refractivity contribution >= 4 is 17.5 Å². The fourth-order valence-electron chi connectivity index (χ4n) is 3.53. The predicted octanol–water partition coefficient (Wildman–Crippen LogP) is 2.83. The zero-order valence-electron chi connectivity index (χ0n) is 16.5. The highest BCUT2D eigenvalue weighted by molar-refractivity contribution is 5.92. The van der Waals surface area contributed by atoms with Crippen molar-refractivity contribution in [2.75, 3.05) is 11.9 Å². The Morgan fingerprint density at radius 3 is 2.73 bits per heavy atom. The van der Waals surface area contributed by atoms with Gasteiger partial charge in [0.15, 0.2) is 0 Å². The lowest BCUT2D eigenvalue weighted by Crippen LogP contribution is -2.37. The van der Waals surface area contributed by atoms with Gasteiger partial charge in [-0.2, -0.15) is 0 Å². The lowest BCUT2D eigenvalue weighted by molar-refractivity contribution is -0.131. The smallest absolute Gasteiger partial charge is 0.229 e. The Balaban J connectivity index is 1.41. The average molecular weight is 408 g/mol. The fourth-order valence-corrected chi connectivity index (χ4v) is 3.53. The largest absolute Gasteiger partial charge is 0.338 e. The normalized spacial score (nSPS) is 13.1. The van der Waals surface area contributed by atoms with Crippen molar-refractivity contribution in [2.24, 2.45) is 0 Å². The van der Waals surface area contributed by atoms with Crippen molar-refractivity contribution in [3.8, 4) is 0 Å². The Kier molecular flexibility index (Phi) is 5.56. The number of hydrogen-bond donors (Lipinski definition) is 1. The summed E-state index contributed by atoms with van der Waals surface area (Å²) in [5, 5.41) is 10.3. The number of halogens is 1. The van der Waals surface area contributed by atoms with Crippen LogP contribution in [0.15, 0.2) is 47.1 Å². The summed E-state index contributed by atoms with van der Waals surface area (Å²) in [6, 6.07) is 11.9. The van der Waals surface area contributed by atoms with Crippen LogP contribution >= 0.6 is 0 Å². The van der Waals surface area contributed by atoms with Gasteiger partial charge in [-0.05, 0) is 48.2 Å². The lowest BCUT2D eigenvalue weighted by Gasteiger charge is -2.29. The Morgan fingerprint density at radius 2 is 1.97 bits per heavy atom. The van der Waals surface area contributed by atoms with E-state index in [1.165, 1.54) is 6.07 Å². The Bertz CT molecular complexity index is 1100. The van der Waals surface area contributed by atoms with Crippen LogP contribution in [0, 0.1) is 12.7 Å². The molecule has 8 heteroatoms. The van der Waals surface area contributed by atoms with Crippen LogP contribution in [0.25, 0.3) is 0 Å². The molecule has 1 aromatic heterocycles. The van der Waals surface area contributed by atoms with Crippen LogP contribution in [-0.2, 0) is 35.4 Å². The minimum Gasteiger partial charge on any atom is -0.338 e. The molecule has 2 amide bonds. The number of hydrogen-bond acceptors (Lipinski definition) is 5. The number of benzene rings is 2. The van der Waals surface area contributed by atoms with Gasteiger partial charge in [-0.25, -0.2) is 9.02 Å². The van der Waals surface area contributed by atoms with Crippen molar-refractivity contribution in [3.63, 3.8) is 0 Å². The first-order chi connectivity index (χ1) is 14.5. The van der Waals surface area contributed by atoms with Gasteiger partial charge in [-0.3, -0.25) is 9.59 Å². The summed E-state index contributed by atoms with van der Waals surface area (Å²) in [6.07, 6.45) is 0.837. The zero-order valence-corrected chi connectivity index (χ0v) is 16.5. The van der Waals surface area contributed by atoms with Crippen LogP contribution < -0.4 is 5.32 Å². The summed E-state index contributed by atoms with van der Waals surface area (Å²) in [4.78, 5) is 26.7. The van der Waals surface area contributed by atoms with Crippen LogP contribution in [-0.4, -0.2) is 33.6 Å². The highest BCUT2D eigenvalue weighted by Crippen LogP contribution is 2.23. The first-order valence-corrected chi connectivity index (χ1v) is 9.70. The average Bonchev–Trinajstić information content (AvgIpc) is 3.13. The van der Waals surface area contributed by atoms with E-state index in [0.29, 0.717) is 35.7 Å². The molecular formula is C22H21FN4O3. The van der Waals surface area contributed by atoms with Crippen LogP contribution in [0.4, 0.5) is 10.1 Å². The standard InChI is InChI=1S/C22H21FN4O3/c1-14-20(26-30-25-14)12-22(29)27-9-8-15-6-7-18(10-17(15)13-27)24-21(28)11-16-4-2-3-5-19(16)23/h2-7,10H,8-9,11-13H2,1H3,(H,24,28). The van der Waals surface area contributed by atoms with E-state index in [-0.39, 0.29) is 24.7 Å². The van der Waals surface area contributed by atoms with Crippen molar-refractivity contribution in [1.29, 1.82) is 0 Å². The molecule has 0 radical (unpaired) electrons. The maximum absolute atomic E-state index is 13.8. The van der Waals surface area contributed by atoms with E-state index in [9.17, 15) is 14.0 Å². The quantitative estimate of drug-likeness (QED) is 0.701. The molecule has 2 heterocycles. The first-order valence-electron chi connectivity index (χ1n) is 9.70. The molecule has 0 spiro atoms. The molecule has 1 aliphatic heterocycles. The summed E-state index contributed by atoms with van der Waals surface area (Å²) in [5.74, 6) is -0.740. The molecule has 0 bridgehead atoms. The van der Waals surface area contributed by atoms with Crippen LogP contribution in [0.5, 0.6) is 0 Å². The molecule has 3 aromatic rings. The van der Waals surface area contributed by atoms with E-state index in [4.69, 9.17) is 0 Å². The van der Waals surface area contributed by atoms with Gasteiger partial charge < -0.3 is 10.2 Å². The van der Waals surface area contributed by atoms with E-state index >= 15 is 0 Å². The van der Waals surface area contributed by atoms with Gasteiger partial charge in [-0.15, -0.1) is 0 Å². The molecule has 4 rings (SSSR count). The minimum absolute atomic E-state index is 0.0422. The van der Waals surface area contributed by atoms with Crippen molar-refractivity contribution in [3.05, 3.63) is 76.4 Å². The molecule has 0 saturated carbocycles. The molecule has 1 N–H and O–H groups in total. The molecule has 0 fully saturated rings. The van der Waals surface area contributed by atoms with Crippen molar-refractivity contribution < 1.29 is 18.6 Å². The minimum atomic E-state index is -0.398. The number of aromatic nitrogens is 2. The lowest BCUT2D eigenvalue weighted by atomic mass is 9.98. The Hall–Kier alpha value is -3.55. The van der Waals surface area contributed by atoms with Gasteiger partial charge in [0.25, 0.3) is 0 Å². The summed E-state index contributed by atoms with van der Waals surface area (Å²) < 4.78 is 18.4. The topological polar surface area (TPSA) is 88.3 Å². The highest BCUT2D eigenvalue weighted by Gasteiger charge is 2.23. The van der Waals surface area contributed by atoms with Crippen molar-refractivity contribution in [1.82, 2.24) is 15.2 Å². The number of nitrogens with one attached hydrogen (secondary N) is 1. The molecule has 7 nitrogen and oxygen atoms in total. The summed E-state index contributed by atoms with van der Waals surface area (Å²) >= 11 is 0. The maximum Gasteiger partial charge on any atom is 0.229 e. The Morgan fingerprint density at radius 1 is 1.13 bits per heavy atom. The third-order valence-corrected chi connectivity index (χ3v) is 5.23. The van der Waals surface area contributed by atoms with Crippen LogP contribution in [0.1, 0.15) is 28.1 Å². The molecule has 0 saturated heterocycles. The number of carbonyl (C=O) groups is 2. The van der Waals surface area contributed by atoms with Gasteiger partial charge in [-0.1, -0.05) is 34.6 Å². The first kappa shape index (κ1) is 19.8. The monoisotopic (exact) mass is 408 g/mol. The number of amides is 2. The predicted molar refractivity (Wildman–Crippen MR) is 107 cm³/mol. The number of aryl methyl sites for hydroxylation is 1. The maximum atomic E-state index is 13.8. The summed E-state index contributed by atoms with van der Waals surface area (Å²) in [7, 11) is 0. The van der Waals surface area contributed by atoms with E-state index in [1.807, 2.05) is 18.2 Å². The highest BCUT2D eigenvalue weighted by atomic mass is 19.1. The van der Waals surface area contributed by atoms with Gasteiger partial charge in [0.05, 0.1) is 12.8 Å². The van der Waals surface area contributed by atoms with E-state index in [2.05, 4.69) is 20.3 Å². The van der Waals surface area contributed by atoms with Gasteiger partial charge in [0.1, 0.15) is 17.2 Å². The van der Waals surface area contributed by atoms with Crippen LogP contribution in [0.3, 0.4) is 0 Å². The zero-order chi connectivity index (χ0) is 21.1. The van der Waals surface area contributed by atoms with Crippen molar-refractivity contribution in [2.45, 2.75) is 32.7 Å². The number of anilines is 1. The summed E-state index contributed by atoms with van der Waals surface area (Å²) in [6.45, 7) is 2.82. The molecule has 30 heavy (non-hydrogen) atoms. The molecule has 0 unspecified atom stereocenters. The summed E-state index contributed by atoms with van der Waals surface area (Å²) in [5.41, 5.74) is 4.25. The van der Waals surface area contributed by atoms with E-state index < -0.39 is 5.82 Å². The molecule has 2 aromatic carbocycles. The number of nitrogens with zero attached hydrogens (tertiary/aromatic N) is 3. The van der Waals surface area contributed by atoms with Gasteiger partial charge >= 0.3 is 0 Å². The third kappa shape index (κ3) is 4.37. The molecule has 0 aliphatic carbocycles. The second-order valence-electron chi connectivity index (χ2n) is 7.34. The molecular weight excluding hydrogens is 387 g/mol.